The minimum atomic E-state index is -0.462. The van der Waals surface area contributed by atoms with Gasteiger partial charge in [-0.05, 0) is 52.2 Å². The van der Waals surface area contributed by atoms with Crippen molar-refractivity contribution in [2.75, 3.05) is 6.54 Å². The number of nitrogens with one attached hydrogen (secondary N) is 2. The molecule has 4 nitrogen and oxygen atoms in total. The van der Waals surface area contributed by atoms with E-state index in [2.05, 4.69) is 44.4 Å². The molecule has 1 aromatic heterocycles. The Balaban J connectivity index is 2.49. The van der Waals surface area contributed by atoms with Crippen LogP contribution in [0.5, 0.6) is 0 Å². The van der Waals surface area contributed by atoms with Gasteiger partial charge in [-0.1, -0.05) is 13.8 Å². The molecule has 1 rings (SSSR count). The Morgan fingerprint density at radius 3 is 2.41 bits per heavy atom. The number of thiophene rings is 1. The van der Waals surface area contributed by atoms with Gasteiger partial charge in [-0.2, -0.15) is 0 Å². The Morgan fingerprint density at radius 1 is 1.32 bits per heavy atom. The normalized spacial score (nSPS) is 13.3. The van der Waals surface area contributed by atoms with Crippen LogP contribution in [0.3, 0.4) is 0 Å². The maximum Gasteiger partial charge on any atom is 0.407 e. The summed E-state index contributed by atoms with van der Waals surface area (Å²) in [4.78, 5) is 14.4. The number of amides is 1. The number of rotatable bonds is 6. The van der Waals surface area contributed by atoms with Crippen molar-refractivity contribution >= 4 is 17.4 Å². The highest BCUT2D eigenvalue weighted by molar-refractivity contribution is 7.12. The van der Waals surface area contributed by atoms with Crippen molar-refractivity contribution < 1.29 is 9.53 Å². The molecule has 0 spiro atoms. The second-order valence-electron chi connectivity index (χ2n) is 7.05. The fraction of sp³-hybridized carbons (Fsp3) is 0.706. The molecule has 0 saturated carbocycles. The van der Waals surface area contributed by atoms with Crippen molar-refractivity contribution in [3.63, 3.8) is 0 Å². The first-order valence-electron chi connectivity index (χ1n) is 7.84. The molecule has 1 atom stereocenters. The average molecular weight is 327 g/mol. The third-order valence-corrected chi connectivity index (χ3v) is 4.38. The van der Waals surface area contributed by atoms with Gasteiger partial charge in [-0.25, -0.2) is 4.79 Å². The summed E-state index contributed by atoms with van der Waals surface area (Å²) in [7, 11) is 0. The predicted octanol–water partition coefficient (Wildman–Crippen LogP) is 4.00. The lowest BCUT2D eigenvalue weighted by Gasteiger charge is -2.25. The molecule has 126 valence electrons. The first kappa shape index (κ1) is 19.0. The molecule has 0 radical (unpaired) electrons. The van der Waals surface area contributed by atoms with Crippen LogP contribution >= 0.6 is 11.3 Å². The van der Waals surface area contributed by atoms with Crippen molar-refractivity contribution in [3.8, 4) is 0 Å². The van der Waals surface area contributed by atoms with Crippen LogP contribution in [0.25, 0.3) is 0 Å². The predicted molar refractivity (Wildman–Crippen MR) is 93.5 cm³/mol. The van der Waals surface area contributed by atoms with Crippen molar-refractivity contribution in [1.82, 2.24) is 10.6 Å². The molecule has 0 aliphatic carbocycles. The van der Waals surface area contributed by atoms with Crippen LogP contribution in [-0.2, 0) is 11.3 Å². The number of alkyl carbamates (subject to hydrolysis) is 1. The maximum atomic E-state index is 11.8. The monoisotopic (exact) mass is 326 g/mol. The molecule has 1 aromatic rings. The smallest absolute Gasteiger partial charge is 0.407 e. The summed E-state index contributed by atoms with van der Waals surface area (Å²) in [5, 5.41) is 6.40. The summed E-state index contributed by atoms with van der Waals surface area (Å²) in [6.07, 6.45) is -0.359. The summed E-state index contributed by atoms with van der Waals surface area (Å²) < 4.78 is 5.28. The molecule has 0 fully saturated rings. The van der Waals surface area contributed by atoms with Crippen LogP contribution in [0.15, 0.2) is 6.07 Å². The summed E-state index contributed by atoms with van der Waals surface area (Å²) in [6.45, 7) is 15.6. The standard InChI is InChI=1S/C17H30N2O2S/c1-11(2)15(10-19-16(20)21-17(5,6)7)18-9-14-8-12(3)22-13(14)4/h8,11,15,18H,9-10H2,1-7H3,(H,19,20). The van der Waals surface area contributed by atoms with E-state index in [0.29, 0.717) is 12.5 Å². The highest BCUT2D eigenvalue weighted by atomic mass is 32.1. The number of aryl methyl sites for hydroxylation is 2. The lowest BCUT2D eigenvalue weighted by atomic mass is 10.0. The van der Waals surface area contributed by atoms with Crippen LogP contribution in [0.2, 0.25) is 0 Å². The number of carbonyl (C=O) groups is 1. The first-order chi connectivity index (χ1) is 10.1. The molecule has 5 heteroatoms. The lowest BCUT2D eigenvalue weighted by Crippen LogP contribution is -2.45. The fourth-order valence-electron chi connectivity index (χ4n) is 2.15. The van der Waals surface area contributed by atoms with E-state index >= 15 is 0 Å². The van der Waals surface area contributed by atoms with E-state index in [1.165, 1.54) is 15.3 Å². The molecule has 2 N–H and O–H groups in total. The van der Waals surface area contributed by atoms with E-state index in [1.54, 1.807) is 0 Å². The van der Waals surface area contributed by atoms with Crippen LogP contribution in [-0.4, -0.2) is 24.3 Å². The fourth-order valence-corrected chi connectivity index (χ4v) is 3.10. The van der Waals surface area contributed by atoms with E-state index in [1.807, 2.05) is 32.1 Å². The molecule has 0 saturated heterocycles. The topological polar surface area (TPSA) is 50.4 Å². The highest BCUT2D eigenvalue weighted by Gasteiger charge is 2.19. The van der Waals surface area contributed by atoms with Gasteiger partial charge in [0.25, 0.3) is 0 Å². The van der Waals surface area contributed by atoms with E-state index in [0.717, 1.165) is 6.54 Å². The number of hydrogen-bond acceptors (Lipinski definition) is 4. The molecular weight excluding hydrogens is 296 g/mol. The Morgan fingerprint density at radius 2 is 1.95 bits per heavy atom. The van der Waals surface area contributed by atoms with Gasteiger partial charge in [0.2, 0.25) is 0 Å². The molecule has 1 heterocycles. The van der Waals surface area contributed by atoms with E-state index < -0.39 is 5.60 Å². The van der Waals surface area contributed by atoms with Gasteiger partial charge in [0, 0.05) is 28.9 Å². The molecular formula is C17H30N2O2S. The van der Waals surface area contributed by atoms with Crippen molar-refractivity contribution in [2.24, 2.45) is 5.92 Å². The van der Waals surface area contributed by atoms with Crippen LogP contribution in [0.1, 0.15) is 49.9 Å². The van der Waals surface area contributed by atoms with Gasteiger partial charge in [0.1, 0.15) is 5.60 Å². The van der Waals surface area contributed by atoms with Crippen molar-refractivity contribution in [3.05, 3.63) is 21.4 Å². The zero-order valence-corrected chi connectivity index (χ0v) is 15.7. The van der Waals surface area contributed by atoms with Crippen molar-refractivity contribution in [1.29, 1.82) is 0 Å². The molecule has 22 heavy (non-hydrogen) atoms. The summed E-state index contributed by atoms with van der Waals surface area (Å²) in [6, 6.07) is 2.44. The molecule has 0 aliphatic heterocycles. The first-order valence-corrected chi connectivity index (χ1v) is 8.66. The van der Waals surface area contributed by atoms with Gasteiger partial charge in [0.05, 0.1) is 0 Å². The second-order valence-corrected chi connectivity index (χ2v) is 8.51. The largest absolute Gasteiger partial charge is 0.444 e. The molecule has 0 bridgehead atoms. The van der Waals surface area contributed by atoms with Crippen LogP contribution in [0, 0.1) is 19.8 Å². The quantitative estimate of drug-likeness (QED) is 0.830. The van der Waals surface area contributed by atoms with Crippen LogP contribution in [0.4, 0.5) is 4.79 Å². The van der Waals surface area contributed by atoms with Gasteiger partial charge in [-0.15, -0.1) is 11.3 Å². The third-order valence-electron chi connectivity index (χ3n) is 3.37. The lowest BCUT2D eigenvalue weighted by molar-refractivity contribution is 0.0519. The SMILES string of the molecule is Cc1cc(CNC(CNC(=O)OC(C)(C)C)C(C)C)c(C)s1. The minimum Gasteiger partial charge on any atom is -0.444 e. The van der Waals surface area contributed by atoms with E-state index in [4.69, 9.17) is 4.74 Å². The molecule has 1 amide bonds. The number of carbonyl (C=O) groups excluding carboxylic acids is 1. The third kappa shape index (κ3) is 6.79. The van der Waals surface area contributed by atoms with E-state index in [9.17, 15) is 4.79 Å². The number of hydrogen-bond donors (Lipinski definition) is 2. The number of ether oxygens (including phenoxy) is 1. The van der Waals surface area contributed by atoms with Gasteiger partial charge in [-0.3, -0.25) is 0 Å². The molecule has 0 aliphatic rings. The van der Waals surface area contributed by atoms with Gasteiger partial charge in [0.15, 0.2) is 0 Å². The summed E-state index contributed by atoms with van der Waals surface area (Å²) >= 11 is 1.82. The zero-order valence-electron chi connectivity index (χ0n) is 14.9. The molecule has 1 unspecified atom stereocenters. The maximum absolute atomic E-state index is 11.8. The van der Waals surface area contributed by atoms with Crippen LogP contribution < -0.4 is 10.6 Å². The highest BCUT2D eigenvalue weighted by Crippen LogP contribution is 2.20. The Kier molecular flexibility index (Phi) is 6.88. The summed E-state index contributed by atoms with van der Waals surface area (Å²) in [5.41, 5.74) is 0.876. The van der Waals surface area contributed by atoms with Gasteiger partial charge < -0.3 is 15.4 Å². The minimum absolute atomic E-state index is 0.215. The van der Waals surface area contributed by atoms with Crippen molar-refractivity contribution in [2.45, 2.75) is 66.7 Å². The average Bonchev–Trinajstić information content (AvgIpc) is 2.65. The molecule has 0 aromatic carbocycles. The Bertz CT molecular complexity index is 489. The van der Waals surface area contributed by atoms with Gasteiger partial charge >= 0.3 is 6.09 Å². The Labute approximate surface area is 138 Å². The summed E-state index contributed by atoms with van der Waals surface area (Å²) in [5.74, 6) is 0.426. The zero-order chi connectivity index (χ0) is 16.9. The second kappa shape index (κ2) is 7.97. The van der Waals surface area contributed by atoms with E-state index in [-0.39, 0.29) is 12.1 Å². The Hall–Kier alpha value is -1.07.